The van der Waals surface area contributed by atoms with Crippen LogP contribution in [0.2, 0.25) is 0 Å². The van der Waals surface area contributed by atoms with Gasteiger partial charge in [-0.3, -0.25) is 14.9 Å². The summed E-state index contributed by atoms with van der Waals surface area (Å²) in [7, 11) is 0. The van der Waals surface area contributed by atoms with E-state index in [2.05, 4.69) is 11.8 Å². The number of nitro benzene ring substituents is 1. The first-order chi connectivity index (χ1) is 8.13. The molecule has 92 valence electrons. The molecule has 1 aromatic carbocycles. The molecule has 0 aromatic heterocycles. The summed E-state index contributed by atoms with van der Waals surface area (Å²) in [5, 5.41) is 10.7. The Morgan fingerprint density at radius 1 is 1.41 bits per heavy atom. The molecule has 1 rings (SSSR count). The zero-order chi connectivity index (χ0) is 12.8. The van der Waals surface area contributed by atoms with Gasteiger partial charge in [-0.1, -0.05) is 6.92 Å². The van der Waals surface area contributed by atoms with E-state index in [0.29, 0.717) is 6.29 Å². The number of nitrogens with zero attached hydrogens (tertiary/aromatic N) is 2. The number of benzene rings is 1. The number of hydrogen-bond donors (Lipinski definition) is 0. The van der Waals surface area contributed by atoms with Gasteiger partial charge in [0, 0.05) is 24.8 Å². The Balaban J connectivity index is 3.11. The van der Waals surface area contributed by atoms with Crippen LogP contribution in [0.25, 0.3) is 0 Å². The molecule has 0 fully saturated rings. The maximum atomic E-state index is 10.8. The lowest BCUT2D eigenvalue weighted by atomic mass is 10.1. The Labute approximate surface area is 100 Å². The zero-order valence-corrected chi connectivity index (χ0v) is 10.0. The molecule has 5 heteroatoms. The first-order valence-electron chi connectivity index (χ1n) is 5.62. The number of nitro groups is 1. The molecule has 0 radical (unpaired) electrons. The number of carbonyl (C=O) groups is 1. The molecule has 0 amide bonds. The number of aldehydes is 1. The van der Waals surface area contributed by atoms with Gasteiger partial charge in [-0.15, -0.1) is 0 Å². The normalized spacial score (nSPS) is 10.0. The van der Waals surface area contributed by atoms with Crippen molar-refractivity contribution in [2.45, 2.75) is 20.3 Å². The Morgan fingerprint density at radius 2 is 2.12 bits per heavy atom. The van der Waals surface area contributed by atoms with Gasteiger partial charge in [0.25, 0.3) is 5.69 Å². The van der Waals surface area contributed by atoms with Gasteiger partial charge in [0.05, 0.1) is 10.5 Å². The van der Waals surface area contributed by atoms with Crippen LogP contribution in [0.5, 0.6) is 0 Å². The highest BCUT2D eigenvalue weighted by Crippen LogP contribution is 2.23. The molecule has 0 atom stereocenters. The molecule has 0 bridgehead atoms. The van der Waals surface area contributed by atoms with E-state index in [0.717, 1.165) is 25.2 Å². The molecule has 0 aliphatic rings. The van der Waals surface area contributed by atoms with Gasteiger partial charge < -0.3 is 4.90 Å². The lowest BCUT2D eigenvalue weighted by Crippen LogP contribution is -2.23. The zero-order valence-electron chi connectivity index (χ0n) is 10.0. The summed E-state index contributed by atoms with van der Waals surface area (Å²) in [6, 6.07) is 4.64. The van der Waals surface area contributed by atoms with Gasteiger partial charge in [0.1, 0.15) is 0 Å². The third-order valence-corrected chi connectivity index (χ3v) is 2.58. The Bertz CT molecular complexity index is 418. The Kier molecular flexibility index (Phi) is 4.63. The molecule has 0 heterocycles. The lowest BCUT2D eigenvalue weighted by molar-refractivity contribution is -0.385. The number of anilines is 1. The van der Waals surface area contributed by atoms with Crippen molar-refractivity contribution < 1.29 is 9.72 Å². The fourth-order valence-electron chi connectivity index (χ4n) is 1.74. The van der Waals surface area contributed by atoms with Crippen LogP contribution in [0, 0.1) is 10.1 Å². The topological polar surface area (TPSA) is 63.4 Å². The predicted molar refractivity (Wildman–Crippen MR) is 66.7 cm³/mol. The van der Waals surface area contributed by atoms with Gasteiger partial charge >= 0.3 is 0 Å². The van der Waals surface area contributed by atoms with E-state index in [1.54, 1.807) is 12.1 Å². The maximum Gasteiger partial charge on any atom is 0.280 e. The molecule has 0 aliphatic heterocycles. The maximum absolute atomic E-state index is 10.8. The second kappa shape index (κ2) is 5.98. The van der Waals surface area contributed by atoms with Crippen molar-refractivity contribution in [2.75, 3.05) is 18.0 Å². The van der Waals surface area contributed by atoms with E-state index in [9.17, 15) is 14.9 Å². The summed E-state index contributed by atoms with van der Waals surface area (Å²) in [5.74, 6) is 0. The molecule has 5 nitrogen and oxygen atoms in total. The minimum absolute atomic E-state index is 0.127. The summed E-state index contributed by atoms with van der Waals surface area (Å²) >= 11 is 0. The second-order valence-corrected chi connectivity index (χ2v) is 3.70. The summed E-state index contributed by atoms with van der Waals surface area (Å²) in [5.41, 5.74) is 0.834. The van der Waals surface area contributed by atoms with Crippen LogP contribution in [0.4, 0.5) is 11.4 Å². The van der Waals surface area contributed by atoms with Crippen molar-refractivity contribution >= 4 is 17.7 Å². The number of hydrogen-bond acceptors (Lipinski definition) is 4. The molecule has 0 saturated carbocycles. The first-order valence-corrected chi connectivity index (χ1v) is 5.62. The van der Waals surface area contributed by atoms with Gasteiger partial charge in [-0.25, -0.2) is 0 Å². The third kappa shape index (κ3) is 3.03. The van der Waals surface area contributed by atoms with Crippen LogP contribution >= 0.6 is 0 Å². The fourth-order valence-corrected chi connectivity index (χ4v) is 1.74. The smallest absolute Gasteiger partial charge is 0.280 e. The van der Waals surface area contributed by atoms with Crippen molar-refractivity contribution in [3.05, 3.63) is 33.9 Å². The van der Waals surface area contributed by atoms with Crippen LogP contribution < -0.4 is 4.90 Å². The average Bonchev–Trinajstić information content (AvgIpc) is 2.34. The second-order valence-electron chi connectivity index (χ2n) is 3.70. The van der Waals surface area contributed by atoms with Crippen molar-refractivity contribution in [3.8, 4) is 0 Å². The van der Waals surface area contributed by atoms with Crippen molar-refractivity contribution in [3.63, 3.8) is 0 Å². The molecular weight excluding hydrogens is 220 g/mol. The van der Waals surface area contributed by atoms with Gasteiger partial charge in [0.15, 0.2) is 6.29 Å². The van der Waals surface area contributed by atoms with Crippen molar-refractivity contribution in [1.82, 2.24) is 0 Å². The minimum atomic E-state index is -0.538. The van der Waals surface area contributed by atoms with Crippen LogP contribution in [0.1, 0.15) is 30.6 Å². The van der Waals surface area contributed by atoms with Crippen molar-refractivity contribution in [2.24, 2.45) is 0 Å². The first kappa shape index (κ1) is 13.2. The minimum Gasteiger partial charge on any atom is -0.372 e. The Morgan fingerprint density at radius 3 is 2.59 bits per heavy atom. The van der Waals surface area contributed by atoms with Crippen LogP contribution in [-0.2, 0) is 0 Å². The molecule has 17 heavy (non-hydrogen) atoms. The van der Waals surface area contributed by atoms with Crippen molar-refractivity contribution in [1.29, 1.82) is 0 Å². The molecule has 0 saturated heterocycles. The highest BCUT2D eigenvalue weighted by molar-refractivity contribution is 5.83. The van der Waals surface area contributed by atoms with Gasteiger partial charge in [0.2, 0.25) is 0 Å². The standard InChI is InChI=1S/C12H16N2O3/c1-3-7-13(4-2)11-5-6-12(14(16)17)10(8-11)9-15/h5-6,8-9H,3-4,7H2,1-2H3. The summed E-state index contributed by atoms with van der Waals surface area (Å²) in [6.45, 7) is 5.75. The van der Waals surface area contributed by atoms with E-state index in [1.807, 2.05) is 6.92 Å². The van der Waals surface area contributed by atoms with E-state index in [1.165, 1.54) is 6.07 Å². The van der Waals surface area contributed by atoms with Crippen LogP contribution in [0.3, 0.4) is 0 Å². The van der Waals surface area contributed by atoms with Crippen LogP contribution in [0.15, 0.2) is 18.2 Å². The highest BCUT2D eigenvalue weighted by Gasteiger charge is 2.15. The SMILES string of the molecule is CCCN(CC)c1ccc([N+](=O)[O-])c(C=O)c1. The van der Waals surface area contributed by atoms with E-state index >= 15 is 0 Å². The fraction of sp³-hybridized carbons (Fsp3) is 0.417. The molecule has 0 spiro atoms. The molecule has 0 unspecified atom stereocenters. The molecule has 0 aliphatic carbocycles. The van der Waals surface area contributed by atoms with E-state index in [-0.39, 0.29) is 11.3 Å². The van der Waals surface area contributed by atoms with Gasteiger partial charge in [-0.05, 0) is 25.5 Å². The largest absolute Gasteiger partial charge is 0.372 e. The summed E-state index contributed by atoms with van der Waals surface area (Å²) in [4.78, 5) is 23.1. The van der Waals surface area contributed by atoms with Crippen LogP contribution in [-0.4, -0.2) is 24.3 Å². The highest BCUT2D eigenvalue weighted by atomic mass is 16.6. The summed E-state index contributed by atoms with van der Waals surface area (Å²) < 4.78 is 0. The van der Waals surface area contributed by atoms with E-state index in [4.69, 9.17) is 0 Å². The number of carbonyl (C=O) groups excluding carboxylic acids is 1. The Hall–Kier alpha value is -1.91. The average molecular weight is 236 g/mol. The predicted octanol–water partition coefficient (Wildman–Crippen LogP) is 2.64. The monoisotopic (exact) mass is 236 g/mol. The molecular formula is C12H16N2O3. The quantitative estimate of drug-likeness (QED) is 0.432. The number of rotatable bonds is 6. The summed E-state index contributed by atoms with van der Waals surface area (Å²) in [6.07, 6.45) is 1.52. The molecule has 0 N–H and O–H groups in total. The lowest BCUT2D eigenvalue weighted by Gasteiger charge is -2.22. The van der Waals surface area contributed by atoms with Gasteiger partial charge in [-0.2, -0.15) is 0 Å². The third-order valence-electron chi connectivity index (χ3n) is 2.58. The van der Waals surface area contributed by atoms with E-state index < -0.39 is 4.92 Å². The molecule has 1 aromatic rings.